The summed E-state index contributed by atoms with van der Waals surface area (Å²) < 4.78 is 16.0. The minimum Gasteiger partial charge on any atom is -0.496 e. The van der Waals surface area contributed by atoms with E-state index in [9.17, 15) is 4.79 Å². The molecule has 0 aromatic heterocycles. The summed E-state index contributed by atoms with van der Waals surface area (Å²) in [5.41, 5.74) is 2.85. The molecule has 126 valence electrons. The predicted molar refractivity (Wildman–Crippen MR) is 91.2 cm³/mol. The Morgan fingerprint density at radius 1 is 1.17 bits per heavy atom. The van der Waals surface area contributed by atoms with Gasteiger partial charge in [0, 0.05) is 13.0 Å². The van der Waals surface area contributed by atoms with Crippen LogP contribution >= 0.6 is 0 Å². The van der Waals surface area contributed by atoms with E-state index < -0.39 is 0 Å². The van der Waals surface area contributed by atoms with Crippen LogP contribution in [0.4, 0.5) is 0 Å². The predicted octanol–water partition coefficient (Wildman–Crippen LogP) is 2.61. The Hall–Kier alpha value is -2.69. The molecule has 0 saturated carbocycles. The third kappa shape index (κ3) is 3.30. The van der Waals surface area contributed by atoms with Gasteiger partial charge in [-0.1, -0.05) is 18.2 Å². The van der Waals surface area contributed by atoms with Crippen LogP contribution in [0.1, 0.15) is 21.5 Å². The second kappa shape index (κ2) is 7.25. The molecule has 0 saturated heterocycles. The zero-order valence-corrected chi connectivity index (χ0v) is 13.9. The monoisotopic (exact) mass is 327 g/mol. The molecule has 2 aromatic rings. The number of hydrogen-bond donors (Lipinski definition) is 1. The second-order valence-electron chi connectivity index (χ2n) is 5.58. The molecule has 1 heterocycles. The van der Waals surface area contributed by atoms with Gasteiger partial charge in [0.25, 0.3) is 5.91 Å². The SMILES string of the molecule is COc1cccc(OC)c1C(=O)NCCc1ccc2c(c1)CCO2. The molecule has 5 nitrogen and oxygen atoms in total. The normalized spacial score (nSPS) is 12.2. The quantitative estimate of drug-likeness (QED) is 0.886. The van der Waals surface area contributed by atoms with Crippen LogP contribution < -0.4 is 19.5 Å². The van der Waals surface area contributed by atoms with Gasteiger partial charge in [0.15, 0.2) is 0 Å². The number of methoxy groups -OCH3 is 2. The molecule has 3 rings (SSSR count). The summed E-state index contributed by atoms with van der Waals surface area (Å²) in [5, 5.41) is 2.93. The first kappa shape index (κ1) is 16.2. The third-order valence-corrected chi connectivity index (χ3v) is 4.11. The smallest absolute Gasteiger partial charge is 0.258 e. The highest BCUT2D eigenvalue weighted by atomic mass is 16.5. The molecule has 1 N–H and O–H groups in total. The van der Waals surface area contributed by atoms with Gasteiger partial charge in [-0.05, 0) is 35.7 Å². The fraction of sp³-hybridized carbons (Fsp3) is 0.316. The Morgan fingerprint density at radius 3 is 2.62 bits per heavy atom. The van der Waals surface area contributed by atoms with Gasteiger partial charge in [0.2, 0.25) is 0 Å². The molecule has 0 atom stereocenters. The van der Waals surface area contributed by atoms with Crippen LogP contribution in [0.2, 0.25) is 0 Å². The molecule has 0 fully saturated rings. The van der Waals surface area contributed by atoms with Crippen LogP contribution in [0.15, 0.2) is 36.4 Å². The topological polar surface area (TPSA) is 56.8 Å². The standard InChI is InChI=1S/C19H21NO4/c1-22-16-4-3-5-17(23-2)18(16)19(21)20-10-8-13-6-7-15-14(12-13)9-11-24-15/h3-7,12H,8-11H2,1-2H3,(H,20,21). The van der Waals surface area contributed by atoms with Crippen molar-refractivity contribution in [1.82, 2.24) is 5.32 Å². The van der Waals surface area contributed by atoms with E-state index >= 15 is 0 Å². The van der Waals surface area contributed by atoms with Crippen LogP contribution in [0.5, 0.6) is 17.2 Å². The molecule has 0 bridgehead atoms. The zero-order valence-electron chi connectivity index (χ0n) is 13.9. The number of carbonyl (C=O) groups excluding carboxylic acids is 1. The van der Waals surface area contributed by atoms with Crippen molar-refractivity contribution in [3.63, 3.8) is 0 Å². The van der Waals surface area contributed by atoms with E-state index in [1.54, 1.807) is 18.2 Å². The van der Waals surface area contributed by atoms with E-state index in [0.29, 0.717) is 23.6 Å². The second-order valence-corrected chi connectivity index (χ2v) is 5.58. The summed E-state index contributed by atoms with van der Waals surface area (Å²) >= 11 is 0. The lowest BCUT2D eigenvalue weighted by atomic mass is 10.1. The van der Waals surface area contributed by atoms with Crippen molar-refractivity contribution in [1.29, 1.82) is 0 Å². The molecule has 1 aliphatic heterocycles. The van der Waals surface area contributed by atoms with E-state index in [-0.39, 0.29) is 5.91 Å². The number of hydrogen-bond acceptors (Lipinski definition) is 4. The number of ether oxygens (including phenoxy) is 3. The first-order valence-electron chi connectivity index (χ1n) is 7.96. The van der Waals surface area contributed by atoms with Crippen molar-refractivity contribution in [3.8, 4) is 17.2 Å². The fourth-order valence-electron chi connectivity index (χ4n) is 2.88. The first-order valence-corrected chi connectivity index (χ1v) is 7.96. The molecule has 0 radical (unpaired) electrons. The van der Waals surface area contributed by atoms with Gasteiger partial charge in [0.05, 0.1) is 20.8 Å². The number of rotatable bonds is 6. The Morgan fingerprint density at radius 2 is 1.92 bits per heavy atom. The van der Waals surface area contributed by atoms with E-state index in [4.69, 9.17) is 14.2 Å². The largest absolute Gasteiger partial charge is 0.496 e. The van der Waals surface area contributed by atoms with Gasteiger partial charge in [-0.2, -0.15) is 0 Å². The number of carbonyl (C=O) groups is 1. The summed E-state index contributed by atoms with van der Waals surface area (Å²) in [6.07, 6.45) is 1.71. The highest BCUT2D eigenvalue weighted by Crippen LogP contribution is 2.28. The summed E-state index contributed by atoms with van der Waals surface area (Å²) in [5.74, 6) is 1.78. The minimum atomic E-state index is -0.200. The van der Waals surface area contributed by atoms with Crippen LogP contribution in [0, 0.1) is 0 Å². The van der Waals surface area contributed by atoms with Gasteiger partial charge in [-0.15, -0.1) is 0 Å². The van der Waals surface area contributed by atoms with Crippen LogP contribution in [0.25, 0.3) is 0 Å². The molecule has 0 unspecified atom stereocenters. The van der Waals surface area contributed by atoms with Crippen LogP contribution in [-0.2, 0) is 12.8 Å². The van der Waals surface area contributed by atoms with Gasteiger partial charge >= 0.3 is 0 Å². The van der Waals surface area contributed by atoms with Crippen molar-refractivity contribution in [2.45, 2.75) is 12.8 Å². The lowest BCUT2D eigenvalue weighted by molar-refractivity contribution is 0.0948. The maximum Gasteiger partial charge on any atom is 0.258 e. The molecule has 1 aliphatic rings. The van der Waals surface area contributed by atoms with Crippen LogP contribution in [0.3, 0.4) is 0 Å². The average molecular weight is 327 g/mol. The van der Waals surface area contributed by atoms with Gasteiger partial charge in [-0.25, -0.2) is 0 Å². The minimum absolute atomic E-state index is 0.200. The number of benzene rings is 2. The van der Waals surface area contributed by atoms with E-state index in [1.807, 2.05) is 12.1 Å². The Labute approximate surface area is 141 Å². The summed E-state index contributed by atoms with van der Waals surface area (Å²) in [6.45, 7) is 1.29. The summed E-state index contributed by atoms with van der Waals surface area (Å²) in [4.78, 5) is 12.5. The molecule has 24 heavy (non-hydrogen) atoms. The average Bonchev–Trinajstić information content (AvgIpc) is 3.08. The van der Waals surface area contributed by atoms with E-state index in [2.05, 4.69) is 11.4 Å². The summed E-state index contributed by atoms with van der Waals surface area (Å²) in [6, 6.07) is 11.5. The number of fused-ring (bicyclic) bond motifs is 1. The lowest BCUT2D eigenvalue weighted by Gasteiger charge is -2.13. The van der Waals surface area contributed by atoms with Crippen molar-refractivity contribution < 1.29 is 19.0 Å². The highest BCUT2D eigenvalue weighted by molar-refractivity contribution is 5.99. The van der Waals surface area contributed by atoms with Gasteiger partial charge in [-0.3, -0.25) is 4.79 Å². The molecule has 5 heteroatoms. The molecular weight excluding hydrogens is 306 g/mol. The van der Waals surface area contributed by atoms with Crippen molar-refractivity contribution >= 4 is 5.91 Å². The maximum absolute atomic E-state index is 12.5. The molecule has 0 aliphatic carbocycles. The van der Waals surface area contributed by atoms with Crippen molar-refractivity contribution in [2.75, 3.05) is 27.4 Å². The number of nitrogens with one attached hydrogen (secondary N) is 1. The molecule has 2 aromatic carbocycles. The molecular formula is C19H21NO4. The van der Waals surface area contributed by atoms with Gasteiger partial charge < -0.3 is 19.5 Å². The first-order chi connectivity index (χ1) is 11.7. The molecule has 1 amide bonds. The lowest BCUT2D eigenvalue weighted by Crippen LogP contribution is -2.26. The Kier molecular flexibility index (Phi) is 4.89. The van der Waals surface area contributed by atoms with E-state index in [0.717, 1.165) is 25.2 Å². The highest BCUT2D eigenvalue weighted by Gasteiger charge is 2.18. The Bertz CT molecular complexity index is 720. The van der Waals surface area contributed by atoms with Crippen molar-refractivity contribution in [3.05, 3.63) is 53.1 Å². The van der Waals surface area contributed by atoms with Crippen molar-refractivity contribution in [2.24, 2.45) is 0 Å². The van der Waals surface area contributed by atoms with Gasteiger partial charge in [0.1, 0.15) is 22.8 Å². The number of amides is 1. The van der Waals surface area contributed by atoms with Crippen LogP contribution in [-0.4, -0.2) is 33.3 Å². The maximum atomic E-state index is 12.5. The fourth-order valence-corrected chi connectivity index (χ4v) is 2.88. The van der Waals surface area contributed by atoms with E-state index in [1.165, 1.54) is 25.3 Å². The zero-order chi connectivity index (χ0) is 16.9. The molecule has 0 spiro atoms. The Balaban J connectivity index is 1.64. The summed E-state index contributed by atoms with van der Waals surface area (Å²) in [7, 11) is 3.08. The third-order valence-electron chi connectivity index (χ3n) is 4.11.